The molecule has 1 unspecified atom stereocenters. The van der Waals surface area contributed by atoms with E-state index in [1.807, 2.05) is 7.05 Å². The Morgan fingerprint density at radius 2 is 1.98 bits per heavy atom. The molecule has 0 amide bonds. The quantitative estimate of drug-likeness (QED) is 0.283. The van der Waals surface area contributed by atoms with E-state index >= 15 is 4.39 Å². The zero-order valence-electron chi connectivity index (χ0n) is 21.8. The highest BCUT2D eigenvalue weighted by molar-refractivity contribution is 7.22. The molecule has 0 saturated carbocycles. The van der Waals surface area contributed by atoms with Crippen LogP contribution in [0.1, 0.15) is 25.7 Å². The first-order chi connectivity index (χ1) is 19.3. The summed E-state index contributed by atoms with van der Waals surface area (Å²) in [6, 6.07) is 4.63. The molecule has 9 nitrogen and oxygen atoms in total. The molecule has 2 aliphatic rings. The first kappa shape index (κ1) is 26.7. The van der Waals surface area contributed by atoms with Crippen molar-refractivity contribution in [1.82, 2.24) is 24.9 Å². The lowest BCUT2D eigenvalue weighted by Gasteiger charge is -2.26. The fraction of sp³-hybridized carbons (Fsp3) is 0.407. The van der Waals surface area contributed by atoms with Crippen LogP contribution in [0, 0.1) is 18.2 Å². The number of hydrogen-bond donors (Lipinski definition) is 2. The number of ether oxygens (including phenoxy) is 1. The van der Waals surface area contributed by atoms with Crippen LogP contribution in [0.3, 0.4) is 0 Å². The fourth-order valence-electron chi connectivity index (χ4n) is 5.45. The van der Waals surface area contributed by atoms with Gasteiger partial charge < -0.3 is 20.7 Å². The van der Waals surface area contributed by atoms with Crippen LogP contribution in [0.4, 0.5) is 19.7 Å². The Bertz CT molecular complexity index is 1640. The Balaban J connectivity index is 1.45. The number of likely N-dealkylation sites (tertiary alicyclic amines) is 1. The number of anilines is 2. The van der Waals surface area contributed by atoms with E-state index in [1.54, 1.807) is 11.1 Å². The van der Waals surface area contributed by atoms with Crippen molar-refractivity contribution >= 4 is 55.0 Å². The first-order valence-electron chi connectivity index (χ1n) is 13.1. The Labute approximate surface area is 238 Å². The number of nitrogens with two attached hydrogens (primary N) is 1. The molecule has 1 atom stereocenters. The van der Waals surface area contributed by atoms with E-state index in [9.17, 15) is 4.39 Å². The van der Waals surface area contributed by atoms with E-state index in [0.29, 0.717) is 36.5 Å². The van der Waals surface area contributed by atoms with Gasteiger partial charge in [-0.25, -0.2) is 13.8 Å². The predicted molar refractivity (Wildman–Crippen MR) is 153 cm³/mol. The number of nitrogen functional groups attached to an aromatic ring is 1. The maximum Gasteiger partial charge on any atom is 0.319 e. The third kappa shape index (κ3) is 4.93. The molecule has 13 heteroatoms. The molecule has 4 heterocycles. The summed E-state index contributed by atoms with van der Waals surface area (Å²) in [6.07, 6.45) is 3.54. The summed E-state index contributed by atoms with van der Waals surface area (Å²) in [5.41, 5.74) is 6.51. The number of halogens is 3. The third-order valence-corrected chi connectivity index (χ3v) is 8.86. The first-order valence-corrected chi connectivity index (χ1v) is 14.3. The topological polar surface area (TPSA) is 96.8 Å². The highest BCUT2D eigenvalue weighted by Gasteiger charge is 2.27. The van der Waals surface area contributed by atoms with E-state index in [4.69, 9.17) is 28.6 Å². The summed E-state index contributed by atoms with van der Waals surface area (Å²) in [7, 11) is 2.05. The molecule has 4 aromatic rings. The minimum atomic E-state index is -0.682. The summed E-state index contributed by atoms with van der Waals surface area (Å²) in [5.74, 6) is -0.760. The molecule has 208 valence electrons. The molecular formula is C27H27ClF2N8OS. The largest absolute Gasteiger partial charge is 0.462 e. The Kier molecular flexibility index (Phi) is 7.20. The number of benzene rings is 2. The Morgan fingerprint density at radius 3 is 2.70 bits per heavy atom. The zero-order valence-corrected chi connectivity index (χ0v) is 23.3. The summed E-state index contributed by atoms with van der Waals surface area (Å²) in [4.78, 5) is 19.1. The van der Waals surface area contributed by atoms with Gasteiger partial charge in [0.15, 0.2) is 10.9 Å². The number of aromatic nitrogens is 3. The van der Waals surface area contributed by atoms with Gasteiger partial charge in [0.2, 0.25) is 0 Å². The van der Waals surface area contributed by atoms with Crippen LogP contribution in [0.2, 0.25) is 5.02 Å². The Morgan fingerprint density at radius 1 is 1.18 bits per heavy atom. The van der Waals surface area contributed by atoms with E-state index in [-0.39, 0.29) is 49.5 Å². The lowest BCUT2D eigenvalue weighted by atomic mass is 10.0. The molecule has 3 N–H and O–H groups in total. The molecule has 0 bridgehead atoms. The van der Waals surface area contributed by atoms with E-state index < -0.39 is 11.6 Å². The van der Waals surface area contributed by atoms with Crippen molar-refractivity contribution in [1.29, 1.82) is 0 Å². The summed E-state index contributed by atoms with van der Waals surface area (Å²) in [5, 5.41) is 5.81. The van der Waals surface area contributed by atoms with Crippen LogP contribution in [0.5, 0.6) is 6.01 Å². The Hall–Kier alpha value is -3.53. The van der Waals surface area contributed by atoms with Crippen LogP contribution in [-0.4, -0.2) is 70.2 Å². The molecule has 0 aliphatic carbocycles. The number of fused-ring (bicyclic) bond motifs is 2. The van der Waals surface area contributed by atoms with E-state index in [0.717, 1.165) is 43.6 Å². The van der Waals surface area contributed by atoms with Crippen molar-refractivity contribution in [3.05, 3.63) is 46.4 Å². The summed E-state index contributed by atoms with van der Waals surface area (Å²) >= 11 is 7.69. The smallest absolute Gasteiger partial charge is 0.319 e. The molecule has 40 heavy (non-hydrogen) atoms. The predicted octanol–water partition coefficient (Wildman–Crippen LogP) is 5.60. The molecular weight excluding hydrogens is 558 g/mol. The van der Waals surface area contributed by atoms with Crippen LogP contribution < -0.4 is 15.8 Å². The van der Waals surface area contributed by atoms with Crippen LogP contribution in [0.15, 0.2) is 18.2 Å². The highest BCUT2D eigenvalue weighted by Crippen LogP contribution is 2.42. The van der Waals surface area contributed by atoms with Crippen molar-refractivity contribution < 1.29 is 13.5 Å². The minimum absolute atomic E-state index is 0.0288. The van der Waals surface area contributed by atoms with E-state index in [2.05, 4.69) is 30.1 Å². The van der Waals surface area contributed by atoms with Gasteiger partial charge >= 0.3 is 6.01 Å². The lowest BCUT2D eigenvalue weighted by molar-refractivity contribution is 0.188. The number of nitrogens with one attached hydrogen (secondary N) is 1. The number of thiazole rings is 1. The molecule has 2 fully saturated rings. The monoisotopic (exact) mass is 584 g/mol. The van der Waals surface area contributed by atoms with Gasteiger partial charge in [-0.1, -0.05) is 22.9 Å². The molecule has 2 aliphatic heterocycles. The zero-order chi connectivity index (χ0) is 28.0. The van der Waals surface area contributed by atoms with Crippen LogP contribution >= 0.6 is 22.9 Å². The van der Waals surface area contributed by atoms with Gasteiger partial charge in [-0.3, -0.25) is 0 Å². The van der Waals surface area contributed by atoms with Gasteiger partial charge in [0.1, 0.15) is 23.8 Å². The van der Waals surface area contributed by atoms with E-state index in [1.165, 1.54) is 12.1 Å². The second-order valence-corrected chi connectivity index (χ2v) is 11.6. The average Bonchev–Trinajstić information content (AvgIpc) is 3.55. The van der Waals surface area contributed by atoms with Gasteiger partial charge in [0.05, 0.1) is 28.3 Å². The highest BCUT2D eigenvalue weighted by atomic mass is 35.5. The van der Waals surface area contributed by atoms with Crippen LogP contribution in [0.25, 0.3) is 37.2 Å². The summed E-state index contributed by atoms with van der Waals surface area (Å²) in [6.45, 7) is 9.87. The summed E-state index contributed by atoms with van der Waals surface area (Å²) < 4.78 is 37.2. The molecule has 2 saturated heterocycles. The SMILES string of the molecule is [C-]#[N+]N1CCC(Nc2nc(OCC3CCCN3C)nc3c(F)c(-c4ccc(F)c5sc(N)nc45)c(Cl)cc23)CC1. The maximum atomic E-state index is 16.4. The minimum Gasteiger partial charge on any atom is -0.462 e. The second kappa shape index (κ2) is 10.8. The molecule has 0 radical (unpaired) electrons. The van der Waals surface area contributed by atoms with Gasteiger partial charge in [-0.2, -0.15) is 21.5 Å². The normalized spacial score (nSPS) is 18.5. The standard InChI is InChI=1S/C27H27ClF2N8OS/c1-32-38-10-7-14(8-11-38)33-25-17-12-18(28)20(16-5-6-19(29)24-23(16)34-26(31)40-24)21(30)22(17)35-27(36-25)39-13-15-4-3-9-37(15)2/h5-6,12,14-15H,3-4,7-11,13H2,2H3,(H2,31,34)(H,33,35,36). The maximum absolute atomic E-state index is 16.4. The van der Waals surface area contributed by atoms with Crippen molar-refractivity contribution in [3.63, 3.8) is 0 Å². The van der Waals surface area contributed by atoms with Gasteiger partial charge in [-0.15, -0.1) is 5.01 Å². The van der Waals surface area contributed by atoms with Crippen molar-refractivity contribution in [2.24, 2.45) is 0 Å². The molecule has 2 aromatic heterocycles. The third-order valence-electron chi connectivity index (χ3n) is 7.67. The molecule has 2 aromatic carbocycles. The van der Waals surface area contributed by atoms with Gasteiger partial charge in [0.25, 0.3) is 0 Å². The number of rotatable bonds is 6. The number of hydrogen-bond acceptors (Lipinski definition) is 9. The van der Waals surface area contributed by atoms with Crippen molar-refractivity contribution in [3.8, 4) is 17.1 Å². The lowest BCUT2D eigenvalue weighted by Crippen LogP contribution is -2.35. The number of nitrogens with zero attached hydrogens (tertiary/aromatic N) is 6. The van der Waals surface area contributed by atoms with Gasteiger partial charge in [0, 0.05) is 28.6 Å². The van der Waals surface area contributed by atoms with Crippen molar-refractivity contribution in [2.45, 2.75) is 37.8 Å². The van der Waals surface area contributed by atoms with Crippen molar-refractivity contribution in [2.75, 3.05) is 44.3 Å². The fourth-order valence-corrected chi connectivity index (χ4v) is 6.51. The van der Waals surface area contributed by atoms with Gasteiger partial charge in [-0.05, 0) is 57.5 Å². The molecule has 6 rings (SSSR count). The number of likely N-dealkylation sites (N-methyl/N-ethyl adjacent to an activating group) is 1. The molecule has 0 spiro atoms. The second-order valence-electron chi connectivity index (χ2n) is 10.2. The van der Waals surface area contributed by atoms with Crippen LogP contribution in [-0.2, 0) is 0 Å². The average molecular weight is 585 g/mol. The number of piperidine rings is 1.